The van der Waals surface area contributed by atoms with Crippen molar-refractivity contribution in [3.05, 3.63) is 23.8 Å². The third kappa shape index (κ3) is 3.62. The van der Waals surface area contributed by atoms with Gasteiger partial charge in [-0.25, -0.2) is 0 Å². The molecule has 2 heteroatoms. The Kier molecular flexibility index (Phi) is 4.99. The van der Waals surface area contributed by atoms with Crippen LogP contribution in [-0.4, -0.2) is 13.3 Å². The molecule has 0 saturated heterocycles. The summed E-state index contributed by atoms with van der Waals surface area (Å²) in [4.78, 5) is 3.72. The molecule has 0 atom stereocenters. The van der Waals surface area contributed by atoms with Crippen molar-refractivity contribution in [2.45, 2.75) is 6.92 Å². The molecule has 0 heterocycles. The number of hydrogen-bond acceptors (Lipinski definition) is 2. The van der Waals surface area contributed by atoms with Crippen LogP contribution in [0.5, 0.6) is 0 Å². The summed E-state index contributed by atoms with van der Waals surface area (Å²) in [6.45, 7) is 1.87. The molecule has 0 bridgehead atoms. The van der Waals surface area contributed by atoms with E-state index in [0.29, 0.717) is 5.57 Å². The molecule has 2 nitrogen and oxygen atoms in total. The number of hydrogen-bond donors (Lipinski definition) is 0. The van der Waals surface area contributed by atoms with Crippen LogP contribution in [0.1, 0.15) is 6.92 Å². The van der Waals surface area contributed by atoms with Crippen molar-refractivity contribution in [3.8, 4) is 6.07 Å². The van der Waals surface area contributed by atoms with Crippen molar-refractivity contribution in [1.82, 2.24) is 0 Å². The van der Waals surface area contributed by atoms with E-state index < -0.39 is 0 Å². The Bertz CT molecular complexity index is 204. The summed E-state index contributed by atoms with van der Waals surface area (Å²) in [6, 6.07) is 2.02. The number of nitriles is 1. The molecule has 0 rings (SSSR count). The standard InChI is InChI=1S/C8H10N2/c1-3-4-8(7-9)5-6-10-2/h3-6H,1-2H3/b4-3-,8-5+,10-6?. The summed E-state index contributed by atoms with van der Waals surface area (Å²) >= 11 is 0. The van der Waals surface area contributed by atoms with E-state index in [1.54, 1.807) is 25.4 Å². The van der Waals surface area contributed by atoms with E-state index >= 15 is 0 Å². The zero-order chi connectivity index (χ0) is 7.82. The molecule has 0 aromatic rings. The molecule has 10 heavy (non-hydrogen) atoms. The Labute approximate surface area is 61.2 Å². The summed E-state index contributed by atoms with van der Waals surface area (Å²) in [5.41, 5.74) is 0.619. The van der Waals surface area contributed by atoms with Gasteiger partial charge in [0, 0.05) is 13.3 Å². The molecule has 0 aliphatic carbocycles. The molecule has 0 amide bonds. The summed E-state index contributed by atoms with van der Waals surface area (Å²) in [7, 11) is 1.67. The molecule has 0 fully saturated rings. The van der Waals surface area contributed by atoms with Gasteiger partial charge in [0.05, 0.1) is 11.6 Å². The maximum atomic E-state index is 8.45. The van der Waals surface area contributed by atoms with Crippen molar-refractivity contribution in [2.24, 2.45) is 4.99 Å². The van der Waals surface area contributed by atoms with Crippen molar-refractivity contribution in [2.75, 3.05) is 7.05 Å². The lowest BCUT2D eigenvalue weighted by Gasteiger charge is -1.80. The highest BCUT2D eigenvalue weighted by molar-refractivity contribution is 5.74. The van der Waals surface area contributed by atoms with E-state index in [2.05, 4.69) is 4.99 Å². The zero-order valence-corrected chi connectivity index (χ0v) is 6.20. The average molecular weight is 134 g/mol. The van der Waals surface area contributed by atoms with Gasteiger partial charge in [-0.1, -0.05) is 6.08 Å². The molecule has 0 N–H and O–H groups in total. The Balaban J connectivity index is 4.22. The van der Waals surface area contributed by atoms with Gasteiger partial charge in [0.1, 0.15) is 0 Å². The maximum Gasteiger partial charge on any atom is 0.0992 e. The molecule has 52 valence electrons. The van der Waals surface area contributed by atoms with Crippen molar-refractivity contribution >= 4 is 6.21 Å². The first-order valence-corrected chi connectivity index (χ1v) is 3.00. The fourth-order valence-corrected chi connectivity index (χ4v) is 0.464. The lowest BCUT2D eigenvalue weighted by molar-refractivity contribution is 1.46. The highest BCUT2D eigenvalue weighted by Crippen LogP contribution is 1.91. The summed E-state index contributed by atoms with van der Waals surface area (Å²) < 4.78 is 0. The van der Waals surface area contributed by atoms with Crippen LogP contribution in [0.3, 0.4) is 0 Å². The molecule has 0 unspecified atom stereocenters. The van der Waals surface area contributed by atoms with Gasteiger partial charge in [-0.05, 0) is 19.1 Å². The minimum atomic E-state index is 0.619. The van der Waals surface area contributed by atoms with Crippen LogP contribution in [0.25, 0.3) is 0 Å². The van der Waals surface area contributed by atoms with Crippen molar-refractivity contribution < 1.29 is 0 Å². The second-order valence-electron chi connectivity index (χ2n) is 1.64. The molecule has 0 spiro atoms. The number of aliphatic imine (C=N–C) groups is 1. The van der Waals surface area contributed by atoms with Gasteiger partial charge in [-0.15, -0.1) is 0 Å². The Morgan fingerprint density at radius 3 is 2.70 bits per heavy atom. The predicted octanol–water partition coefficient (Wildman–Crippen LogP) is 1.71. The van der Waals surface area contributed by atoms with E-state index in [4.69, 9.17) is 5.26 Å². The predicted molar refractivity (Wildman–Crippen MR) is 42.9 cm³/mol. The minimum absolute atomic E-state index is 0.619. The minimum Gasteiger partial charge on any atom is -0.296 e. The third-order valence-electron chi connectivity index (χ3n) is 0.878. The number of allylic oxidation sites excluding steroid dienone is 4. The molecule has 0 aromatic carbocycles. The first-order chi connectivity index (χ1) is 4.85. The lowest BCUT2D eigenvalue weighted by atomic mass is 10.2. The Morgan fingerprint density at radius 1 is 1.60 bits per heavy atom. The smallest absolute Gasteiger partial charge is 0.0992 e. The van der Waals surface area contributed by atoms with Crippen LogP contribution in [-0.2, 0) is 0 Å². The molecule has 0 aliphatic heterocycles. The zero-order valence-electron chi connectivity index (χ0n) is 6.20. The van der Waals surface area contributed by atoms with Gasteiger partial charge >= 0.3 is 0 Å². The van der Waals surface area contributed by atoms with Gasteiger partial charge in [0.25, 0.3) is 0 Å². The molecule has 0 aliphatic rings. The molecular formula is C8H10N2. The number of nitrogens with zero attached hydrogens (tertiary/aromatic N) is 2. The molecular weight excluding hydrogens is 124 g/mol. The first-order valence-electron chi connectivity index (χ1n) is 3.00. The van der Waals surface area contributed by atoms with Crippen LogP contribution in [0.2, 0.25) is 0 Å². The molecule has 0 saturated carbocycles. The van der Waals surface area contributed by atoms with Gasteiger partial charge in [0.2, 0.25) is 0 Å². The van der Waals surface area contributed by atoms with Gasteiger partial charge in [-0.3, -0.25) is 4.99 Å². The van der Waals surface area contributed by atoms with Gasteiger partial charge < -0.3 is 0 Å². The van der Waals surface area contributed by atoms with E-state index in [1.165, 1.54) is 0 Å². The number of rotatable bonds is 2. The summed E-state index contributed by atoms with van der Waals surface area (Å²) in [5.74, 6) is 0. The van der Waals surface area contributed by atoms with Gasteiger partial charge in [0.15, 0.2) is 0 Å². The molecule has 0 aromatic heterocycles. The van der Waals surface area contributed by atoms with E-state index in [9.17, 15) is 0 Å². The van der Waals surface area contributed by atoms with Crippen LogP contribution < -0.4 is 0 Å². The Hall–Kier alpha value is -1.36. The second kappa shape index (κ2) is 5.77. The lowest BCUT2D eigenvalue weighted by Crippen LogP contribution is -1.72. The van der Waals surface area contributed by atoms with E-state index in [1.807, 2.05) is 19.1 Å². The second-order valence-corrected chi connectivity index (χ2v) is 1.64. The van der Waals surface area contributed by atoms with Crippen molar-refractivity contribution in [3.63, 3.8) is 0 Å². The SMILES string of the molecule is C/C=C\C(C#N)=C/C=NC. The van der Waals surface area contributed by atoms with Crippen LogP contribution >= 0.6 is 0 Å². The van der Waals surface area contributed by atoms with Gasteiger partial charge in [-0.2, -0.15) is 5.26 Å². The summed E-state index contributed by atoms with van der Waals surface area (Å²) in [5, 5.41) is 8.45. The highest BCUT2D eigenvalue weighted by Gasteiger charge is 1.81. The third-order valence-corrected chi connectivity index (χ3v) is 0.878. The highest BCUT2D eigenvalue weighted by atomic mass is 14.6. The fourth-order valence-electron chi connectivity index (χ4n) is 0.464. The van der Waals surface area contributed by atoms with E-state index in [0.717, 1.165) is 0 Å². The van der Waals surface area contributed by atoms with Crippen LogP contribution in [0.4, 0.5) is 0 Å². The van der Waals surface area contributed by atoms with E-state index in [-0.39, 0.29) is 0 Å². The largest absolute Gasteiger partial charge is 0.296 e. The maximum absolute atomic E-state index is 8.45. The quantitative estimate of drug-likeness (QED) is 0.322. The average Bonchev–Trinajstić information content (AvgIpc) is 1.98. The van der Waals surface area contributed by atoms with Crippen molar-refractivity contribution in [1.29, 1.82) is 5.26 Å². The molecule has 0 radical (unpaired) electrons. The Morgan fingerprint density at radius 2 is 2.30 bits per heavy atom. The normalized spacial score (nSPS) is 12.7. The monoisotopic (exact) mass is 134 g/mol. The van der Waals surface area contributed by atoms with Crippen LogP contribution in [0, 0.1) is 11.3 Å². The topological polar surface area (TPSA) is 36.1 Å². The first kappa shape index (κ1) is 8.64. The van der Waals surface area contributed by atoms with Crippen LogP contribution in [0.15, 0.2) is 28.8 Å². The fraction of sp³-hybridized carbons (Fsp3) is 0.250. The summed E-state index contributed by atoms with van der Waals surface area (Å²) in [6.07, 6.45) is 6.82.